The zero-order chi connectivity index (χ0) is 28.6. The molecule has 0 spiro atoms. The number of para-hydroxylation sites is 2. The minimum absolute atomic E-state index is 0.0160. The third-order valence-electron chi connectivity index (χ3n) is 7.18. The van der Waals surface area contributed by atoms with E-state index in [4.69, 9.17) is 23.8 Å². The molecule has 1 saturated heterocycles. The second kappa shape index (κ2) is 13.7. The number of fused-ring (bicyclic) bond motifs is 1. The fourth-order valence-electron chi connectivity index (χ4n) is 5.31. The Kier molecular flexibility index (Phi) is 10.1. The maximum atomic E-state index is 13.4. The second-order valence-corrected chi connectivity index (χ2v) is 9.83. The average Bonchev–Trinajstić information content (AvgIpc) is 3.58. The van der Waals surface area contributed by atoms with Crippen molar-refractivity contribution in [1.82, 2.24) is 9.96 Å². The standard InChI is InChI=1S/C29H38N2O9/c1-4-10-31(40-11-5-2)26(33)15-30-14-21(19-12-20(16-32)28-25(13-19)38-18-39-28)27(29(34)35)22(30)17-37-24-9-7-6-8-23(24)36-3/h6-9,12-13,21-22,27,32H,4-5,10-11,14-18H2,1-3H3,(H,34,35)/t21-,22+,27-/m1/s1. The maximum Gasteiger partial charge on any atom is 0.308 e. The highest BCUT2D eigenvalue weighted by atomic mass is 16.7. The zero-order valence-electron chi connectivity index (χ0n) is 23.2. The highest BCUT2D eigenvalue weighted by molar-refractivity contribution is 5.78. The van der Waals surface area contributed by atoms with Crippen LogP contribution >= 0.6 is 0 Å². The molecule has 3 atom stereocenters. The first-order chi connectivity index (χ1) is 19.4. The number of carboxylic acid groups (broad SMARTS) is 1. The number of aliphatic hydroxyl groups excluding tert-OH is 1. The molecule has 0 aromatic heterocycles. The van der Waals surface area contributed by atoms with E-state index < -0.39 is 23.8 Å². The highest BCUT2D eigenvalue weighted by Gasteiger charge is 2.48. The predicted molar refractivity (Wildman–Crippen MR) is 144 cm³/mol. The van der Waals surface area contributed by atoms with Gasteiger partial charge in [0.25, 0.3) is 5.91 Å². The topological polar surface area (TPSA) is 127 Å². The minimum Gasteiger partial charge on any atom is -0.493 e. The van der Waals surface area contributed by atoms with E-state index in [0.29, 0.717) is 47.3 Å². The van der Waals surface area contributed by atoms with Crippen LogP contribution in [-0.4, -0.2) is 84.8 Å². The molecule has 4 rings (SSSR count). The number of rotatable bonds is 14. The summed E-state index contributed by atoms with van der Waals surface area (Å²) >= 11 is 0. The lowest BCUT2D eigenvalue weighted by atomic mass is 9.84. The Hall–Kier alpha value is -3.54. The third kappa shape index (κ3) is 6.43. The van der Waals surface area contributed by atoms with Crippen LogP contribution in [0.25, 0.3) is 0 Å². The Labute approximate surface area is 234 Å². The van der Waals surface area contributed by atoms with Crippen molar-refractivity contribution in [3.05, 3.63) is 47.5 Å². The van der Waals surface area contributed by atoms with Crippen LogP contribution in [0.15, 0.2) is 36.4 Å². The molecule has 1 fully saturated rings. The van der Waals surface area contributed by atoms with Crippen LogP contribution in [-0.2, 0) is 21.0 Å². The molecular formula is C29H38N2O9. The Bertz CT molecular complexity index is 1170. The number of carbonyl (C=O) groups is 2. The molecule has 2 aromatic carbocycles. The summed E-state index contributed by atoms with van der Waals surface area (Å²) in [7, 11) is 1.54. The molecule has 2 aromatic rings. The van der Waals surface area contributed by atoms with Crippen molar-refractivity contribution in [2.75, 3.05) is 46.8 Å². The Morgan fingerprint density at radius 2 is 1.90 bits per heavy atom. The van der Waals surface area contributed by atoms with Crippen LogP contribution < -0.4 is 18.9 Å². The van der Waals surface area contributed by atoms with Crippen molar-refractivity contribution in [3.8, 4) is 23.0 Å². The number of hydroxylamine groups is 2. The quantitative estimate of drug-likeness (QED) is 0.334. The largest absolute Gasteiger partial charge is 0.493 e. The molecule has 2 aliphatic heterocycles. The summed E-state index contributed by atoms with van der Waals surface area (Å²) in [5.41, 5.74) is 1.21. The monoisotopic (exact) mass is 558 g/mol. The second-order valence-electron chi connectivity index (χ2n) is 9.83. The average molecular weight is 559 g/mol. The fraction of sp³-hybridized carbons (Fsp3) is 0.517. The smallest absolute Gasteiger partial charge is 0.308 e. The van der Waals surface area contributed by atoms with E-state index >= 15 is 0 Å². The molecule has 1 amide bonds. The van der Waals surface area contributed by atoms with Gasteiger partial charge in [0.15, 0.2) is 23.0 Å². The summed E-state index contributed by atoms with van der Waals surface area (Å²) in [6, 6.07) is 10.0. The fourth-order valence-corrected chi connectivity index (χ4v) is 5.31. The normalized spacial score (nSPS) is 19.9. The van der Waals surface area contributed by atoms with Crippen LogP contribution in [0.1, 0.15) is 43.7 Å². The van der Waals surface area contributed by atoms with Gasteiger partial charge in [0, 0.05) is 24.6 Å². The first kappa shape index (κ1) is 29.4. The zero-order valence-corrected chi connectivity index (χ0v) is 23.2. The summed E-state index contributed by atoms with van der Waals surface area (Å²) in [6.07, 6.45) is 1.48. The molecule has 2 aliphatic rings. The van der Waals surface area contributed by atoms with E-state index in [1.165, 1.54) is 12.2 Å². The molecule has 218 valence electrons. The Morgan fingerprint density at radius 1 is 1.12 bits per heavy atom. The first-order valence-electron chi connectivity index (χ1n) is 13.6. The summed E-state index contributed by atoms with van der Waals surface area (Å²) < 4.78 is 22.6. The molecular weight excluding hydrogens is 520 g/mol. The molecule has 0 unspecified atom stereocenters. The van der Waals surface area contributed by atoms with Crippen molar-refractivity contribution in [2.45, 2.75) is 45.3 Å². The number of benzene rings is 2. The van der Waals surface area contributed by atoms with Gasteiger partial charge in [-0.25, -0.2) is 5.06 Å². The number of amides is 1. The van der Waals surface area contributed by atoms with E-state index in [9.17, 15) is 19.8 Å². The SMILES string of the molecule is CCCON(CCC)C(=O)CN1C[C@H](c2cc(CO)c3c(c2)OCO3)[C@@H](C(=O)O)[C@@H]1COc1ccccc1OC. The summed E-state index contributed by atoms with van der Waals surface area (Å²) in [4.78, 5) is 33.7. The third-order valence-corrected chi connectivity index (χ3v) is 7.18. The van der Waals surface area contributed by atoms with Crippen molar-refractivity contribution in [1.29, 1.82) is 0 Å². The van der Waals surface area contributed by atoms with Crippen molar-refractivity contribution >= 4 is 11.9 Å². The van der Waals surface area contributed by atoms with E-state index in [2.05, 4.69) is 0 Å². The summed E-state index contributed by atoms with van der Waals surface area (Å²) in [5.74, 6) is -0.747. The predicted octanol–water partition coefficient (Wildman–Crippen LogP) is 3.04. The van der Waals surface area contributed by atoms with Gasteiger partial charge < -0.3 is 29.2 Å². The molecule has 11 heteroatoms. The highest BCUT2D eigenvalue weighted by Crippen LogP contribution is 2.44. The molecule has 0 bridgehead atoms. The van der Waals surface area contributed by atoms with E-state index in [1.54, 1.807) is 24.3 Å². The molecule has 0 radical (unpaired) electrons. The van der Waals surface area contributed by atoms with Crippen molar-refractivity contribution in [3.63, 3.8) is 0 Å². The number of nitrogens with zero attached hydrogens (tertiary/aromatic N) is 2. The van der Waals surface area contributed by atoms with Crippen LogP contribution in [0.3, 0.4) is 0 Å². The molecule has 40 heavy (non-hydrogen) atoms. The first-order valence-corrected chi connectivity index (χ1v) is 13.6. The van der Waals surface area contributed by atoms with E-state index in [0.717, 1.165) is 12.8 Å². The summed E-state index contributed by atoms with van der Waals surface area (Å²) in [5, 5.41) is 21.8. The van der Waals surface area contributed by atoms with Gasteiger partial charge in [0.05, 0.1) is 38.8 Å². The Balaban J connectivity index is 1.66. The van der Waals surface area contributed by atoms with E-state index in [-0.39, 0.29) is 39.0 Å². The Morgan fingerprint density at radius 3 is 2.58 bits per heavy atom. The molecule has 0 saturated carbocycles. The van der Waals surface area contributed by atoms with Gasteiger partial charge in [-0.3, -0.25) is 19.3 Å². The van der Waals surface area contributed by atoms with Crippen LogP contribution in [0.2, 0.25) is 0 Å². The number of hydrogen-bond acceptors (Lipinski definition) is 9. The molecule has 0 aliphatic carbocycles. The molecule has 2 heterocycles. The molecule has 11 nitrogen and oxygen atoms in total. The number of aliphatic hydroxyl groups is 1. The van der Waals surface area contributed by atoms with Gasteiger partial charge in [-0.05, 0) is 42.7 Å². The lowest BCUT2D eigenvalue weighted by Gasteiger charge is -2.29. The summed E-state index contributed by atoms with van der Waals surface area (Å²) in [6.45, 7) is 4.77. The van der Waals surface area contributed by atoms with Crippen molar-refractivity contribution in [2.24, 2.45) is 5.92 Å². The van der Waals surface area contributed by atoms with Gasteiger partial charge in [-0.2, -0.15) is 0 Å². The van der Waals surface area contributed by atoms with Gasteiger partial charge >= 0.3 is 5.97 Å². The number of carboxylic acids is 1. The van der Waals surface area contributed by atoms with E-state index in [1.807, 2.05) is 30.9 Å². The number of hydrogen-bond donors (Lipinski definition) is 2. The van der Waals surface area contributed by atoms with Crippen molar-refractivity contribution < 1.29 is 43.6 Å². The maximum absolute atomic E-state index is 13.4. The number of methoxy groups -OCH3 is 1. The number of likely N-dealkylation sites (tertiary alicyclic amines) is 1. The van der Waals surface area contributed by atoms with Gasteiger partial charge in [-0.1, -0.05) is 26.0 Å². The number of aliphatic carboxylic acids is 1. The lowest BCUT2D eigenvalue weighted by Crippen LogP contribution is -2.46. The minimum atomic E-state index is -1.01. The molecule has 2 N–H and O–H groups in total. The van der Waals surface area contributed by atoms with Gasteiger partial charge in [0.2, 0.25) is 6.79 Å². The number of carbonyl (C=O) groups excluding carboxylic acids is 1. The number of ether oxygens (including phenoxy) is 4. The van der Waals surface area contributed by atoms with Gasteiger partial charge in [0.1, 0.15) is 6.61 Å². The lowest BCUT2D eigenvalue weighted by molar-refractivity contribution is -0.188. The van der Waals surface area contributed by atoms with Gasteiger partial charge in [-0.15, -0.1) is 0 Å². The van der Waals surface area contributed by atoms with Crippen LogP contribution in [0.5, 0.6) is 23.0 Å². The van der Waals surface area contributed by atoms with Crippen LogP contribution in [0, 0.1) is 5.92 Å². The van der Waals surface area contributed by atoms with Crippen LogP contribution in [0.4, 0.5) is 0 Å².